The predicted octanol–water partition coefficient (Wildman–Crippen LogP) is 3.11. The highest BCUT2D eigenvalue weighted by molar-refractivity contribution is 8.15. The Kier molecular flexibility index (Phi) is 6.44. The molecule has 1 aromatic rings. The van der Waals surface area contributed by atoms with Crippen LogP contribution in [0.15, 0.2) is 23.2 Å². The van der Waals surface area contributed by atoms with E-state index in [1.807, 2.05) is 4.90 Å². The van der Waals surface area contributed by atoms with E-state index in [2.05, 4.69) is 15.2 Å². The molecule has 5 rings (SSSR count). The van der Waals surface area contributed by atoms with Crippen LogP contribution in [0.4, 0.5) is 5.69 Å². The second-order valence-corrected chi connectivity index (χ2v) is 13.0. The van der Waals surface area contributed by atoms with Crippen molar-refractivity contribution in [3.05, 3.63) is 28.8 Å². The van der Waals surface area contributed by atoms with Gasteiger partial charge in [-0.3, -0.25) is 14.7 Å². The lowest BCUT2D eigenvalue weighted by molar-refractivity contribution is 0.0523. The molecule has 0 spiro atoms. The molecule has 4 aliphatic rings. The van der Waals surface area contributed by atoms with Gasteiger partial charge in [0.15, 0.2) is 15.0 Å². The van der Waals surface area contributed by atoms with E-state index >= 15 is 0 Å². The number of hydrogen-bond donors (Lipinski definition) is 1. The van der Waals surface area contributed by atoms with E-state index in [1.165, 1.54) is 43.9 Å². The molecule has 0 unspecified atom stereocenters. The monoisotopic (exact) mass is 496 g/mol. The van der Waals surface area contributed by atoms with E-state index in [4.69, 9.17) is 11.6 Å². The number of piperazine rings is 1. The summed E-state index contributed by atoms with van der Waals surface area (Å²) in [4.78, 5) is 22.2. The lowest BCUT2D eigenvalue weighted by atomic mass is 9.94. The molecule has 0 radical (unpaired) electrons. The standard InChI is InChI=1S/C22H29ClN4O3S2/c23-17-7-6-15(12-18(17)24-22-25-19-13-32(29,30)14-20(19)31-22)21(28)27-10-8-26(9-11-27)16-4-2-1-3-5-16/h6-7,12,16,19-20H,1-5,8-11,13-14H2,(H,24,25)/t19-,20+/m1/s1. The highest BCUT2D eigenvalue weighted by atomic mass is 35.5. The van der Waals surface area contributed by atoms with Crippen molar-refractivity contribution >= 4 is 50.0 Å². The average Bonchev–Trinajstić information content (AvgIpc) is 3.28. The maximum Gasteiger partial charge on any atom is 0.254 e. The van der Waals surface area contributed by atoms with Gasteiger partial charge in [-0.15, -0.1) is 0 Å². The summed E-state index contributed by atoms with van der Waals surface area (Å²) in [6.45, 7) is 3.38. The smallest absolute Gasteiger partial charge is 0.254 e. The van der Waals surface area contributed by atoms with E-state index < -0.39 is 9.84 Å². The zero-order chi connectivity index (χ0) is 22.3. The van der Waals surface area contributed by atoms with E-state index in [-0.39, 0.29) is 28.7 Å². The van der Waals surface area contributed by atoms with Crippen LogP contribution >= 0.6 is 23.4 Å². The van der Waals surface area contributed by atoms with Gasteiger partial charge >= 0.3 is 0 Å². The first-order valence-electron chi connectivity index (χ1n) is 11.4. The fourth-order valence-corrected chi connectivity index (χ4v) is 9.04. The van der Waals surface area contributed by atoms with Gasteiger partial charge in [0.2, 0.25) is 0 Å². The number of hydrogen-bond acceptors (Lipinski definition) is 7. The van der Waals surface area contributed by atoms with Gasteiger partial charge in [0.1, 0.15) is 0 Å². The van der Waals surface area contributed by atoms with E-state index in [0.717, 1.165) is 26.2 Å². The van der Waals surface area contributed by atoms with Crippen molar-refractivity contribution in [1.82, 2.24) is 9.80 Å². The minimum Gasteiger partial charge on any atom is -0.336 e. The Bertz CT molecular complexity index is 1020. The predicted molar refractivity (Wildman–Crippen MR) is 131 cm³/mol. The minimum atomic E-state index is -2.99. The summed E-state index contributed by atoms with van der Waals surface area (Å²) in [7, 11) is -2.99. The molecule has 1 aromatic carbocycles. The lowest BCUT2D eigenvalue weighted by Crippen LogP contribution is -2.52. The number of anilines is 1. The van der Waals surface area contributed by atoms with Gasteiger partial charge < -0.3 is 10.2 Å². The Labute approximate surface area is 198 Å². The number of benzene rings is 1. The van der Waals surface area contributed by atoms with Crippen molar-refractivity contribution in [3.8, 4) is 0 Å². The van der Waals surface area contributed by atoms with Gasteiger partial charge in [-0.1, -0.05) is 42.6 Å². The number of amidine groups is 1. The van der Waals surface area contributed by atoms with Crippen LogP contribution in [-0.4, -0.2) is 84.3 Å². The largest absolute Gasteiger partial charge is 0.336 e. The molecule has 32 heavy (non-hydrogen) atoms. The molecule has 174 valence electrons. The highest BCUT2D eigenvalue weighted by Gasteiger charge is 2.42. The zero-order valence-electron chi connectivity index (χ0n) is 18.0. The molecule has 0 aromatic heterocycles. The maximum atomic E-state index is 13.1. The van der Waals surface area contributed by atoms with Crippen molar-refractivity contribution in [2.45, 2.75) is 49.4 Å². The Hall–Kier alpha value is -1.29. The van der Waals surface area contributed by atoms with Crippen molar-refractivity contribution in [2.24, 2.45) is 4.99 Å². The Morgan fingerprint density at radius 3 is 2.56 bits per heavy atom. The Morgan fingerprint density at radius 1 is 1.09 bits per heavy atom. The van der Waals surface area contributed by atoms with Crippen molar-refractivity contribution in [1.29, 1.82) is 0 Å². The average molecular weight is 497 g/mol. The number of carbonyl (C=O) groups is 1. The van der Waals surface area contributed by atoms with Gasteiger partial charge in [0.05, 0.1) is 28.3 Å². The molecule has 1 N–H and O–H groups in total. The summed E-state index contributed by atoms with van der Waals surface area (Å²) in [5, 5.41) is 4.36. The number of halogens is 1. The number of aliphatic imine (C=N–C) groups is 1. The third kappa shape index (κ3) is 4.81. The van der Waals surface area contributed by atoms with Crippen LogP contribution in [0.5, 0.6) is 0 Å². The van der Waals surface area contributed by atoms with Gasteiger partial charge in [-0.25, -0.2) is 8.42 Å². The van der Waals surface area contributed by atoms with Crippen molar-refractivity contribution < 1.29 is 13.2 Å². The molecule has 7 nitrogen and oxygen atoms in total. The zero-order valence-corrected chi connectivity index (χ0v) is 20.4. The van der Waals surface area contributed by atoms with Crippen molar-refractivity contribution in [2.75, 3.05) is 43.0 Å². The van der Waals surface area contributed by atoms with Gasteiger partial charge in [-0.05, 0) is 31.0 Å². The highest BCUT2D eigenvalue weighted by Crippen LogP contribution is 2.36. The normalized spacial score (nSPS) is 28.4. The second kappa shape index (κ2) is 9.16. The molecule has 0 bridgehead atoms. The van der Waals surface area contributed by atoms with Crippen LogP contribution in [0, 0.1) is 0 Å². The first-order chi connectivity index (χ1) is 15.4. The van der Waals surface area contributed by atoms with E-state index in [9.17, 15) is 13.2 Å². The second-order valence-electron chi connectivity index (χ2n) is 9.17. The number of fused-ring (bicyclic) bond motifs is 1. The summed E-state index contributed by atoms with van der Waals surface area (Å²) in [6.07, 6.45) is 6.58. The summed E-state index contributed by atoms with van der Waals surface area (Å²) in [6, 6.07) is 5.78. The summed E-state index contributed by atoms with van der Waals surface area (Å²) in [5.41, 5.74) is 1.24. The summed E-state index contributed by atoms with van der Waals surface area (Å²) in [5.74, 6) is 0.294. The third-order valence-electron chi connectivity index (χ3n) is 6.97. The molecular weight excluding hydrogens is 468 g/mol. The first kappa shape index (κ1) is 22.5. The first-order valence-corrected chi connectivity index (χ1v) is 14.5. The van der Waals surface area contributed by atoms with Crippen LogP contribution < -0.4 is 5.32 Å². The lowest BCUT2D eigenvalue weighted by Gasteiger charge is -2.40. The van der Waals surface area contributed by atoms with Crippen molar-refractivity contribution in [3.63, 3.8) is 0 Å². The van der Waals surface area contributed by atoms with E-state index in [0.29, 0.717) is 27.5 Å². The number of rotatable bonds is 3. The molecule has 2 atom stereocenters. The molecule has 3 aliphatic heterocycles. The number of carbonyl (C=O) groups excluding carboxylic acids is 1. The molecule has 1 amide bonds. The number of nitrogens with one attached hydrogen (secondary N) is 1. The van der Waals surface area contributed by atoms with Crippen LogP contribution in [0.2, 0.25) is 5.02 Å². The van der Waals surface area contributed by atoms with E-state index in [1.54, 1.807) is 18.2 Å². The molecule has 2 saturated heterocycles. The fourth-order valence-electron chi connectivity index (χ4n) is 5.20. The molecule has 3 fully saturated rings. The van der Waals surface area contributed by atoms with Gasteiger partial charge in [-0.2, -0.15) is 0 Å². The number of amides is 1. The number of sulfone groups is 1. The number of thioether (sulfide) groups is 1. The third-order valence-corrected chi connectivity index (χ3v) is 10.4. The fraction of sp³-hybridized carbons (Fsp3) is 0.636. The molecule has 3 heterocycles. The molecule has 10 heteroatoms. The van der Waals surface area contributed by atoms with Crippen LogP contribution in [0.1, 0.15) is 42.5 Å². The summed E-state index contributed by atoms with van der Waals surface area (Å²) < 4.78 is 23.5. The van der Waals surface area contributed by atoms with Crippen LogP contribution in [0.25, 0.3) is 0 Å². The maximum absolute atomic E-state index is 13.1. The van der Waals surface area contributed by atoms with Crippen LogP contribution in [0.3, 0.4) is 0 Å². The molecule has 1 saturated carbocycles. The SMILES string of the molecule is O=C(c1ccc(Cl)c(NC2=N[C@@H]3CS(=O)(=O)C[C@@H]3S2)c1)N1CCN(C2CCCCC2)CC1. The Morgan fingerprint density at radius 2 is 1.84 bits per heavy atom. The number of nitrogens with zero attached hydrogens (tertiary/aromatic N) is 3. The van der Waals surface area contributed by atoms with Crippen LogP contribution in [-0.2, 0) is 9.84 Å². The Balaban J connectivity index is 1.22. The van der Waals surface area contributed by atoms with Gasteiger partial charge in [0, 0.05) is 43.0 Å². The quantitative estimate of drug-likeness (QED) is 0.692. The van der Waals surface area contributed by atoms with Gasteiger partial charge in [0.25, 0.3) is 5.91 Å². The minimum absolute atomic E-state index is 0.0250. The molecular formula is C22H29ClN4O3S2. The molecule has 1 aliphatic carbocycles. The summed E-state index contributed by atoms with van der Waals surface area (Å²) >= 11 is 7.83. The topological polar surface area (TPSA) is 82.1 Å².